The molecule has 3 nitrogen and oxygen atoms in total. The van der Waals surface area contributed by atoms with E-state index in [1.54, 1.807) is 12.1 Å². The van der Waals surface area contributed by atoms with Gasteiger partial charge in [0.1, 0.15) is 30.7 Å². The lowest BCUT2D eigenvalue weighted by atomic mass is 10.0. The lowest BCUT2D eigenvalue weighted by Gasteiger charge is -2.36. The molecular weight excluding hydrogens is 386 g/mol. The Bertz CT molecular complexity index is 553. The van der Waals surface area contributed by atoms with Gasteiger partial charge in [0.25, 0.3) is 5.60 Å². The van der Waals surface area contributed by atoms with Gasteiger partial charge in [-0.15, -0.1) is 0 Å². The van der Waals surface area contributed by atoms with Crippen molar-refractivity contribution in [2.24, 2.45) is 0 Å². The number of hydrogen-bond donors (Lipinski definition) is 0. The normalized spacial score (nSPS) is 16.9. The first-order valence-electron chi connectivity index (χ1n) is 7.77. The SMILES string of the molecule is COCOC(COc1ccc([S+]2CCCC2)cc1)(C(F)(F)F)C(F)(F)F. The molecule has 0 spiro atoms. The van der Waals surface area contributed by atoms with Crippen LogP contribution in [0.4, 0.5) is 26.3 Å². The zero-order valence-corrected chi connectivity index (χ0v) is 14.8. The van der Waals surface area contributed by atoms with Crippen LogP contribution in [0.15, 0.2) is 29.2 Å². The van der Waals surface area contributed by atoms with Crippen molar-refractivity contribution in [1.29, 1.82) is 0 Å². The van der Waals surface area contributed by atoms with Crippen LogP contribution in [0.5, 0.6) is 5.75 Å². The first kappa shape index (κ1) is 21.2. The maximum absolute atomic E-state index is 13.2. The molecule has 1 aromatic carbocycles. The highest BCUT2D eigenvalue weighted by Gasteiger charge is 2.73. The van der Waals surface area contributed by atoms with Crippen LogP contribution in [0.1, 0.15) is 12.8 Å². The molecule has 2 rings (SSSR count). The van der Waals surface area contributed by atoms with Crippen LogP contribution in [0, 0.1) is 0 Å². The molecule has 1 aliphatic heterocycles. The predicted octanol–water partition coefficient (Wildman–Crippen LogP) is 4.32. The van der Waals surface area contributed by atoms with Gasteiger partial charge in [-0.25, -0.2) is 0 Å². The molecule has 0 unspecified atom stereocenters. The highest BCUT2D eigenvalue weighted by Crippen LogP contribution is 2.46. The second kappa shape index (κ2) is 8.26. The summed E-state index contributed by atoms with van der Waals surface area (Å²) in [5.74, 6) is 2.02. The molecule has 1 aliphatic rings. The zero-order valence-electron chi connectivity index (χ0n) is 14.0. The Balaban J connectivity index is 2.15. The van der Waals surface area contributed by atoms with Crippen molar-refractivity contribution in [2.75, 3.05) is 32.0 Å². The number of halogens is 6. The fourth-order valence-electron chi connectivity index (χ4n) is 2.49. The van der Waals surface area contributed by atoms with Crippen LogP contribution in [-0.4, -0.2) is 50.0 Å². The van der Waals surface area contributed by atoms with E-state index in [0.717, 1.165) is 36.4 Å². The van der Waals surface area contributed by atoms with Gasteiger partial charge in [0, 0.05) is 18.0 Å². The molecule has 148 valence electrons. The van der Waals surface area contributed by atoms with E-state index >= 15 is 0 Å². The van der Waals surface area contributed by atoms with E-state index in [1.807, 2.05) is 0 Å². The van der Waals surface area contributed by atoms with E-state index in [2.05, 4.69) is 9.47 Å². The molecule has 0 saturated carbocycles. The molecular formula is C16H19F6O3S+. The minimum Gasteiger partial charge on any atom is -0.490 e. The van der Waals surface area contributed by atoms with E-state index in [4.69, 9.17) is 4.74 Å². The van der Waals surface area contributed by atoms with E-state index in [-0.39, 0.29) is 16.6 Å². The van der Waals surface area contributed by atoms with E-state index < -0.39 is 31.4 Å². The van der Waals surface area contributed by atoms with Crippen molar-refractivity contribution in [3.05, 3.63) is 24.3 Å². The predicted molar refractivity (Wildman–Crippen MR) is 84.3 cm³/mol. The fraction of sp³-hybridized carbons (Fsp3) is 0.625. The Labute approximate surface area is 149 Å². The summed E-state index contributed by atoms with van der Waals surface area (Å²) in [6, 6.07) is 6.13. The summed E-state index contributed by atoms with van der Waals surface area (Å²) in [6.45, 7) is -2.93. The second-order valence-corrected chi connectivity index (χ2v) is 8.02. The van der Waals surface area contributed by atoms with Crippen LogP contribution >= 0.6 is 0 Å². The third-order valence-electron chi connectivity index (χ3n) is 3.97. The van der Waals surface area contributed by atoms with E-state index in [0.29, 0.717) is 0 Å². The first-order valence-corrected chi connectivity index (χ1v) is 9.34. The first-order chi connectivity index (χ1) is 12.1. The van der Waals surface area contributed by atoms with Gasteiger partial charge in [0.15, 0.2) is 4.90 Å². The van der Waals surface area contributed by atoms with Gasteiger partial charge < -0.3 is 14.2 Å². The Morgan fingerprint density at radius 3 is 1.92 bits per heavy atom. The van der Waals surface area contributed by atoms with Crippen molar-refractivity contribution in [3.63, 3.8) is 0 Å². The molecule has 0 aliphatic carbocycles. The number of methoxy groups -OCH3 is 1. The Morgan fingerprint density at radius 1 is 0.923 bits per heavy atom. The molecule has 1 fully saturated rings. The van der Waals surface area contributed by atoms with Gasteiger partial charge in [-0.3, -0.25) is 0 Å². The van der Waals surface area contributed by atoms with Crippen molar-refractivity contribution in [1.82, 2.24) is 0 Å². The summed E-state index contributed by atoms with van der Waals surface area (Å²) in [6.07, 6.45) is -9.21. The standard InChI is InChI=1S/C16H19F6O3S/c1-23-11-25-14(15(17,18)19,16(20,21)22)10-24-12-4-6-13(7-5-12)26-8-2-3-9-26/h4-7H,2-3,8-11H2,1H3/q+1. The summed E-state index contributed by atoms with van der Waals surface area (Å²) in [7, 11) is 1.02. The molecule has 0 atom stereocenters. The number of ether oxygens (including phenoxy) is 3. The van der Waals surface area contributed by atoms with Crippen LogP contribution in [0.2, 0.25) is 0 Å². The van der Waals surface area contributed by atoms with Crippen LogP contribution in [0.25, 0.3) is 0 Å². The fourth-order valence-corrected chi connectivity index (χ4v) is 4.79. The van der Waals surface area contributed by atoms with Crippen LogP contribution in [-0.2, 0) is 20.4 Å². The summed E-state index contributed by atoms with van der Waals surface area (Å²) < 4.78 is 92.2. The summed E-state index contributed by atoms with van der Waals surface area (Å²) in [5, 5.41) is 0. The molecule has 1 saturated heterocycles. The van der Waals surface area contributed by atoms with Gasteiger partial charge >= 0.3 is 12.4 Å². The minimum atomic E-state index is -5.73. The van der Waals surface area contributed by atoms with E-state index in [9.17, 15) is 26.3 Å². The van der Waals surface area contributed by atoms with Crippen molar-refractivity contribution in [3.8, 4) is 5.75 Å². The maximum Gasteiger partial charge on any atom is 0.430 e. The van der Waals surface area contributed by atoms with Gasteiger partial charge in [0.2, 0.25) is 0 Å². The zero-order chi connectivity index (χ0) is 19.4. The Hall–Kier alpha value is -1.13. The molecule has 1 heterocycles. The highest BCUT2D eigenvalue weighted by atomic mass is 32.2. The second-order valence-electron chi connectivity index (χ2n) is 5.74. The maximum atomic E-state index is 13.2. The van der Waals surface area contributed by atoms with Crippen LogP contribution < -0.4 is 4.74 Å². The van der Waals surface area contributed by atoms with Gasteiger partial charge in [-0.05, 0) is 37.1 Å². The molecule has 0 N–H and O–H groups in total. The van der Waals surface area contributed by atoms with Gasteiger partial charge in [-0.1, -0.05) is 0 Å². The molecule has 0 amide bonds. The summed E-state index contributed by atoms with van der Waals surface area (Å²) in [4.78, 5) is 1.03. The molecule has 1 aromatic rings. The quantitative estimate of drug-likeness (QED) is 0.384. The van der Waals surface area contributed by atoms with E-state index in [1.165, 1.54) is 12.1 Å². The highest BCUT2D eigenvalue weighted by molar-refractivity contribution is 7.97. The molecule has 0 aromatic heterocycles. The van der Waals surface area contributed by atoms with Crippen LogP contribution in [0.3, 0.4) is 0 Å². The molecule has 0 radical (unpaired) electrons. The third kappa shape index (κ3) is 4.58. The Kier molecular flexibility index (Phi) is 6.73. The summed E-state index contributed by atoms with van der Waals surface area (Å²) >= 11 is 0. The summed E-state index contributed by atoms with van der Waals surface area (Å²) in [5.41, 5.74) is -4.47. The number of alkyl halides is 6. The number of rotatable bonds is 7. The number of hydrogen-bond acceptors (Lipinski definition) is 3. The van der Waals surface area contributed by atoms with Crippen molar-refractivity contribution >= 4 is 10.9 Å². The molecule has 0 bridgehead atoms. The minimum absolute atomic E-state index is 0.0876. The monoisotopic (exact) mass is 405 g/mol. The van der Waals surface area contributed by atoms with Crippen molar-refractivity contribution in [2.45, 2.75) is 35.7 Å². The smallest absolute Gasteiger partial charge is 0.430 e. The average Bonchev–Trinajstić information content (AvgIpc) is 3.07. The Morgan fingerprint density at radius 2 is 1.46 bits per heavy atom. The topological polar surface area (TPSA) is 27.7 Å². The number of benzene rings is 1. The van der Waals surface area contributed by atoms with Gasteiger partial charge in [-0.2, -0.15) is 26.3 Å². The third-order valence-corrected chi connectivity index (χ3v) is 6.47. The largest absolute Gasteiger partial charge is 0.490 e. The average molecular weight is 405 g/mol. The van der Waals surface area contributed by atoms with Gasteiger partial charge in [0.05, 0.1) is 0 Å². The molecule has 26 heavy (non-hydrogen) atoms. The lowest BCUT2D eigenvalue weighted by Crippen LogP contribution is -2.62. The molecule has 10 heteroatoms. The van der Waals surface area contributed by atoms with Crippen molar-refractivity contribution < 1.29 is 40.6 Å². The lowest BCUT2D eigenvalue weighted by molar-refractivity contribution is -0.397.